The molecule has 0 radical (unpaired) electrons. The highest BCUT2D eigenvalue weighted by Crippen LogP contribution is 2.24. The van der Waals surface area contributed by atoms with Crippen molar-refractivity contribution in [2.75, 3.05) is 7.11 Å². The van der Waals surface area contributed by atoms with Crippen molar-refractivity contribution in [2.45, 2.75) is 17.5 Å². The summed E-state index contributed by atoms with van der Waals surface area (Å²) in [6.07, 6.45) is 1.68. The van der Waals surface area contributed by atoms with Gasteiger partial charge in [-0.15, -0.1) is 6.58 Å². The molecule has 0 amide bonds. The van der Waals surface area contributed by atoms with Gasteiger partial charge < -0.3 is 9.26 Å². The lowest BCUT2D eigenvalue weighted by molar-refractivity contribution is 0.391. The lowest BCUT2D eigenvalue weighted by atomic mass is 10.2. The summed E-state index contributed by atoms with van der Waals surface area (Å²) in [5.74, 6) is 2.10. The minimum atomic E-state index is -0.0950. The van der Waals surface area contributed by atoms with E-state index in [0.29, 0.717) is 40.1 Å². The van der Waals surface area contributed by atoms with E-state index in [1.165, 1.54) is 11.8 Å². The van der Waals surface area contributed by atoms with Crippen LogP contribution in [-0.2, 0) is 12.3 Å². The summed E-state index contributed by atoms with van der Waals surface area (Å²) in [4.78, 5) is 21.9. The van der Waals surface area contributed by atoms with Gasteiger partial charge in [-0.05, 0) is 36.4 Å². The molecule has 0 aliphatic carbocycles. The van der Waals surface area contributed by atoms with Gasteiger partial charge in [0.05, 0.1) is 23.8 Å². The van der Waals surface area contributed by atoms with Crippen LogP contribution in [0.15, 0.2) is 75.7 Å². The largest absolute Gasteiger partial charge is 0.497 e. The SMILES string of the molecule is C=CCn1c(SCc2nc(-c3ccc(OC)cc3)no2)nc2ccccc2c1=O. The molecule has 0 bridgehead atoms. The van der Waals surface area contributed by atoms with Crippen molar-refractivity contribution in [3.8, 4) is 17.1 Å². The monoisotopic (exact) mass is 406 g/mol. The molecule has 0 saturated carbocycles. The van der Waals surface area contributed by atoms with Crippen LogP contribution in [0, 0.1) is 0 Å². The molecule has 0 aliphatic rings. The zero-order valence-electron chi connectivity index (χ0n) is 15.7. The first kappa shape index (κ1) is 18.9. The van der Waals surface area contributed by atoms with E-state index in [9.17, 15) is 4.79 Å². The van der Waals surface area contributed by atoms with Crippen molar-refractivity contribution in [3.63, 3.8) is 0 Å². The zero-order valence-corrected chi connectivity index (χ0v) is 16.6. The van der Waals surface area contributed by atoms with E-state index in [-0.39, 0.29) is 5.56 Å². The molecule has 146 valence electrons. The molecule has 0 saturated heterocycles. The van der Waals surface area contributed by atoms with E-state index in [1.807, 2.05) is 42.5 Å². The maximum absolute atomic E-state index is 12.8. The van der Waals surface area contributed by atoms with E-state index in [0.717, 1.165) is 11.3 Å². The maximum atomic E-state index is 12.8. The second kappa shape index (κ2) is 8.32. The first-order valence-electron chi connectivity index (χ1n) is 8.90. The number of thioether (sulfide) groups is 1. The molecule has 4 rings (SSSR count). The summed E-state index contributed by atoms with van der Waals surface area (Å²) < 4.78 is 12.1. The third kappa shape index (κ3) is 3.93. The fraction of sp³-hybridized carbons (Fsp3) is 0.143. The Morgan fingerprint density at radius 1 is 1.17 bits per heavy atom. The first-order valence-corrected chi connectivity index (χ1v) is 9.88. The number of methoxy groups -OCH3 is 1. The van der Waals surface area contributed by atoms with Gasteiger partial charge in [-0.1, -0.05) is 35.1 Å². The van der Waals surface area contributed by atoms with Crippen LogP contribution in [0.4, 0.5) is 0 Å². The van der Waals surface area contributed by atoms with Crippen LogP contribution < -0.4 is 10.3 Å². The fourth-order valence-corrected chi connectivity index (χ4v) is 3.69. The highest BCUT2D eigenvalue weighted by molar-refractivity contribution is 7.98. The summed E-state index contributed by atoms with van der Waals surface area (Å²) in [5.41, 5.74) is 1.39. The summed E-state index contributed by atoms with van der Waals surface area (Å²) in [7, 11) is 1.62. The maximum Gasteiger partial charge on any atom is 0.262 e. The lowest BCUT2D eigenvalue weighted by Gasteiger charge is -2.10. The van der Waals surface area contributed by atoms with Crippen LogP contribution in [0.1, 0.15) is 5.89 Å². The molecule has 2 aromatic carbocycles. The van der Waals surface area contributed by atoms with Gasteiger partial charge in [0, 0.05) is 12.1 Å². The van der Waals surface area contributed by atoms with Crippen LogP contribution in [0.3, 0.4) is 0 Å². The molecule has 0 N–H and O–H groups in total. The van der Waals surface area contributed by atoms with Gasteiger partial charge >= 0.3 is 0 Å². The number of nitrogens with zero attached hydrogens (tertiary/aromatic N) is 4. The Hall–Kier alpha value is -3.39. The van der Waals surface area contributed by atoms with E-state index >= 15 is 0 Å². The average molecular weight is 406 g/mol. The molecule has 0 aliphatic heterocycles. The Bertz CT molecular complexity index is 1210. The molecule has 4 aromatic rings. The number of fused-ring (bicyclic) bond motifs is 1. The topological polar surface area (TPSA) is 83.0 Å². The van der Waals surface area contributed by atoms with Crippen LogP contribution in [0.25, 0.3) is 22.3 Å². The molecule has 0 atom stereocenters. The Kier molecular flexibility index (Phi) is 5.44. The average Bonchev–Trinajstić information content (AvgIpc) is 3.24. The van der Waals surface area contributed by atoms with Gasteiger partial charge in [0.2, 0.25) is 11.7 Å². The third-order valence-electron chi connectivity index (χ3n) is 4.28. The Labute approximate surface area is 171 Å². The van der Waals surface area contributed by atoms with Crippen molar-refractivity contribution in [1.82, 2.24) is 19.7 Å². The second-order valence-corrected chi connectivity index (χ2v) is 7.09. The minimum Gasteiger partial charge on any atom is -0.497 e. The molecular formula is C21H18N4O3S. The van der Waals surface area contributed by atoms with E-state index in [1.54, 1.807) is 23.8 Å². The van der Waals surface area contributed by atoms with Gasteiger partial charge in [0.15, 0.2) is 5.16 Å². The molecule has 2 aromatic heterocycles. The van der Waals surface area contributed by atoms with Crippen molar-refractivity contribution < 1.29 is 9.26 Å². The molecule has 0 spiro atoms. The number of rotatable bonds is 7. The molecular weight excluding hydrogens is 388 g/mol. The van der Waals surface area contributed by atoms with Gasteiger partial charge in [-0.2, -0.15) is 4.98 Å². The number of para-hydroxylation sites is 1. The van der Waals surface area contributed by atoms with Crippen molar-refractivity contribution >= 4 is 22.7 Å². The quantitative estimate of drug-likeness (QED) is 0.261. The number of aromatic nitrogens is 4. The molecule has 0 unspecified atom stereocenters. The summed E-state index contributed by atoms with van der Waals surface area (Å²) in [6, 6.07) is 14.7. The van der Waals surface area contributed by atoms with Crippen LogP contribution in [0.5, 0.6) is 5.75 Å². The minimum absolute atomic E-state index is 0.0950. The van der Waals surface area contributed by atoms with E-state index in [4.69, 9.17) is 9.26 Å². The van der Waals surface area contributed by atoms with Gasteiger partial charge in [-0.3, -0.25) is 9.36 Å². The smallest absolute Gasteiger partial charge is 0.262 e. The number of benzene rings is 2. The molecule has 2 heterocycles. The normalized spacial score (nSPS) is 10.9. The second-order valence-electron chi connectivity index (χ2n) is 6.14. The Morgan fingerprint density at radius 3 is 2.72 bits per heavy atom. The van der Waals surface area contributed by atoms with E-state index < -0.39 is 0 Å². The van der Waals surface area contributed by atoms with Gasteiger partial charge in [-0.25, -0.2) is 4.98 Å². The standard InChI is InChI=1S/C21H18N4O3S/c1-3-12-25-20(26)16-6-4-5-7-17(16)22-21(25)29-13-18-23-19(24-28-18)14-8-10-15(27-2)11-9-14/h3-11H,1,12-13H2,2H3. The van der Waals surface area contributed by atoms with Crippen molar-refractivity contribution in [1.29, 1.82) is 0 Å². The zero-order chi connectivity index (χ0) is 20.2. The highest BCUT2D eigenvalue weighted by atomic mass is 32.2. The Morgan fingerprint density at radius 2 is 1.97 bits per heavy atom. The van der Waals surface area contributed by atoms with Crippen molar-refractivity contribution in [2.24, 2.45) is 0 Å². The van der Waals surface area contributed by atoms with Crippen molar-refractivity contribution in [3.05, 3.63) is 77.4 Å². The lowest BCUT2D eigenvalue weighted by Crippen LogP contribution is -2.22. The fourth-order valence-electron chi connectivity index (χ4n) is 2.85. The van der Waals surface area contributed by atoms with Crippen LogP contribution >= 0.6 is 11.8 Å². The van der Waals surface area contributed by atoms with Gasteiger partial charge in [0.1, 0.15) is 5.75 Å². The van der Waals surface area contributed by atoms with Gasteiger partial charge in [0.25, 0.3) is 5.56 Å². The number of ether oxygens (including phenoxy) is 1. The highest BCUT2D eigenvalue weighted by Gasteiger charge is 2.14. The Balaban J connectivity index is 1.58. The number of allylic oxidation sites excluding steroid dienone is 1. The molecule has 0 fully saturated rings. The molecule has 7 nitrogen and oxygen atoms in total. The van der Waals surface area contributed by atoms with E-state index in [2.05, 4.69) is 21.7 Å². The third-order valence-corrected chi connectivity index (χ3v) is 5.24. The van der Waals surface area contributed by atoms with Crippen LogP contribution in [-0.4, -0.2) is 26.8 Å². The number of hydrogen-bond acceptors (Lipinski definition) is 7. The summed E-state index contributed by atoms with van der Waals surface area (Å²) in [6.45, 7) is 4.11. The molecule has 8 heteroatoms. The molecule has 29 heavy (non-hydrogen) atoms. The van der Waals surface area contributed by atoms with Crippen LogP contribution in [0.2, 0.25) is 0 Å². The summed E-state index contributed by atoms with van der Waals surface area (Å²) >= 11 is 1.37. The summed E-state index contributed by atoms with van der Waals surface area (Å²) in [5, 5.41) is 5.20. The predicted octanol–water partition coefficient (Wildman–Crippen LogP) is 3.93. The first-order chi connectivity index (χ1) is 14.2. The predicted molar refractivity (Wildman–Crippen MR) is 112 cm³/mol. The number of hydrogen-bond donors (Lipinski definition) is 0.